The van der Waals surface area contributed by atoms with Crippen molar-refractivity contribution in [3.05, 3.63) is 71.4 Å². The average Bonchev–Trinajstić information content (AvgIpc) is 3.31. The van der Waals surface area contributed by atoms with Crippen LogP contribution in [-0.4, -0.2) is 86.6 Å². The van der Waals surface area contributed by atoms with Gasteiger partial charge in [0.1, 0.15) is 15.6 Å². The van der Waals surface area contributed by atoms with Crippen LogP contribution in [0, 0.1) is 5.92 Å². The first kappa shape index (κ1) is 26.5. The normalized spacial score (nSPS) is 19.3. The van der Waals surface area contributed by atoms with Crippen LogP contribution in [0.15, 0.2) is 54.7 Å². The van der Waals surface area contributed by atoms with E-state index in [2.05, 4.69) is 47.4 Å². The number of rotatable bonds is 9. The third-order valence-electron chi connectivity index (χ3n) is 7.78. The Balaban J connectivity index is 1.40. The summed E-state index contributed by atoms with van der Waals surface area (Å²) in [6, 6.07) is 14.3. The quantitative estimate of drug-likeness (QED) is 0.422. The Kier molecular flexibility index (Phi) is 7.35. The summed E-state index contributed by atoms with van der Waals surface area (Å²) in [5.41, 5.74) is 5.87. The maximum Gasteiger partial charge on any atom is 0.244 e. The molecule has 9 heteroatoms. The van der Waals surface area contributed by atoms with Gasteiger partial charge in [0.15, 0.2) is 0 Å². The predicted octanol–water partition coefficient (Wildman–Crippen LogP) is 3.36. The van der Waals surface area contributed by atoms with Gasteiger partial charge in [0.25, 0.3) is 0 Å². The molecule has 202 valence electrons. The first-order valence-corrected chi connectivity index (χ1v) is 15.0. The number of ether oxygens (including phenoxy) is 1. The van der Waals surface area contributed by atoms with Crippen molar-refractivity contribution in [1.29, 1.82) is 0 Å². The lowest BCUT2D eigenvalue weighted by Gasteiger charge is -2.41. The molecule has 0 unspecified atom stereocenters. The summed E-state index contributed by atoms with van der Waals surface area (Å²) in [5, 5.41) is 4.89. The standard InChI is InChI=1S/C29H36N4O4S/c1-31-19-22(15-25-24-7-5-8-26-28(24)21(17-30-26)16-27(25)31)29(34)32(2)33(13-6-14-38(4,35)36)18-20-9-11-23(37-3)12-10-20/h5,7-12,15,17,22,27,30H,6,13-14,16,18-19H2,1-4H3/t22-,27-/m0/s1. The molecule has 2 aliphatic rings. The highest BCUT2D eigenvalue weighted by Crippen LogP contribution is 2.41. The van der Waals surface area contributed by atoms with Gasteiger partial charge in [-0.3, -0.25) is 14.7 Å². The second-order valence-electron chi connectivity index (χ2n) is 10.5. The number of aromatic nitrogens is 1. The van der Waals surface area contributed by atoms with E-state index in [4.69, 9.17) is 4.74 Å². The molecule has 38 heavy (non-hydrogen) atoms. The van der Waals surface area contributed by atoms with E-state index in [1.54, 1.807) is 19.2 Å². The van der Waals surface area contributed by atoms with Crippen LogP contribution < -0.4 is 4.74 Å². The molecule has 5 rings (SSSR count). The number of sulfone groups is 1. The topological polar surface area (TPSA) is 86.0 Å². The number of hydrazine groups is 1. The lowest BCUT2D eigenvalue weighted by molar-refractivity contribution is -0.150. The first-order chi connectivity index (χ1) is 18.1. The Morgan fingerprint density at radius 2 is 1.95 bits per heavy atom. The summed E-state index contributed by atoms with van der Waals surface area (Å²) in [5.74, 6) is 0.541. The Morgan fingerprint density at radius 1 is 1.18 bits per heavy atom. The Bertz CT molecular complexity index is 1460. The van der Waals surface area contributed by atoms with Crippen LogP contribution in [0.4, 0.5) is 0 Å². The highest BCUT2D eigenvalue weighted by atomic mass is 32.2. The number of amides is 1. The van der Waals surface area contributed by atoms with Crippen LogP contribution >= 0.6 is 0 Å². The summed E-state index contributed by atoms with van der Waals surface area (Å²) in [4.78, 5) is 19.6. The molecule has 0 spiro atoms. The fourth-order valence-corrected chi connectivity index (χ4v) is 6.42. The molecule has 1 aliphatic heterocycles. The highest BCUT2D eigenvalue weighted by Gasteiger charge is 2.37. The van der Waals surface area contributed by atoms with Crippen LogP contribution in [0.1, 0.15) is 23.1 Å². The van der Waals surface area contributed by atoms with Crippen molar-refractivity contribution in [3.63, 3.8) is 0 Å². The van der Waals surface area contributed by atoms with Crippen molar-refractivity contribution < 1.29 is 17.9 Å². The van der Waals surface area contributed by atoms with Crippen LogP contribution in [0.5, 0.6) is 5.75 Å². The zero-order valence-corrected chi connectivity index (χ0v) is 23.3. The Hall–Kier alpha value is -3.14. The number of H-pyrrole nitrogens is 1. The number of fused-ring (bicyclic) bond motifs is 2. The molecule has 2 heterocycles. The van der Waals surface area contributed by atoms with Gasteiger partial charge in [-0.05, 0) is 60.4 Å². The van der Waals surface area contributed by atoms with Gasteiger partial charge in [-0.1, -0.05) is 30.3 Å². The van der Waals surface area contributed by atoms with Gasteiger partial charge in [0.05, 0.1) is 18.8 Å². The van der Waals surface area contributed by atoms with Crippen molar-refractivity contribution in [2.45, 2.75) is 25.4 Å². The summed E-state index contributed by atoms with van der Waals surface area (Å²) < 4.78 is 28.8. The second kappa shape index (κ2) is 10.6. The first-order valence-electron chi connectivity index (χ1n) is 13.0. The third-order valence-corrected chi connectivity index (χ3v) is 8.81. The van der Waals surface area contributed by atoms with Crippen molar-refractivity contribution in [1.82, 2.24) is 19.9 Å². The molecule has 1 aliphatic carbocycles. The third kappa shape index (κ3) is 5.36. The summed E-state index contributed by atoms with van der Waals surface area (Å²) in [6.45, 7) is 1.58. The minimum absolute atomic E-state index is 0.00251. The highest BCUT2D eigenvalue weighted by molar-refractivity contribution is 7.90. The summed E-state index contributed by atoms with van der Waals surface area (Å²) in [7, 11) is 2.42. The molecule has 1 aromatic heterocycles. The molecular weight excluding hydrogens is 500 g/mol. The predicted molar refractivity (Wildman–Crippen MR) is 150 cm³/mol. The van der Waals surface area contributed by atoms with Crippen molar-refractivity contribution >= 4 is 32.2 Å². The molecule has 1 amide bonds. The Labute approximate surface area is 224 Å². The number of methoxy groups -OCH3 is 1. The molecule has 8 nitrogen and oxygen atoms in total. The lowest BCUT2D eigenvalue weighted by atomic mass is 9.80. The van der Waals surface area contributed by atoms with E-state index in [1.807, 2.05) is 29.3 Å². The van der Waals surface area contributed by atoms with Crippen molar-refractivity contribution in [3.8, 4) is 5.75 Å². The molecule has 0 saturated carbocycles. The number of nitrogens with zero attached hydrogens (tertiary/aromatic N) is 3. The number of hydrogen-bond acceptors (Lipinski definition) is 6. The molecular formula is C29H36N4O4S. The van der Waals surface area contributed by atoms with Crippen LogP contribution in [0.3, 0.4) is 0 Å². The van der Waals surface area contributed by atoms with E-state index in [-0.39, 0.29) is 23.6 Å². The zero-order valence-electron chi connectivity index (χ0n) is 22.5. The lowest BCUT2D eigenvalue weighted by Crippen LogP contribution is -2.51. The smallest absolute Gasteiger partial charge is 0.244 e. The molecule has 2 aromatic carbocycles. The van der Waals surface area contributed by atoms with Gasteiger partial charge in [-0.25, -0.2) is 13.4 Å². The summed E-state index contributed by atoms with van der Waals surface area (Å²) >= 11 is 0. The van der Waals surface area contributed by atoms with E-state index in [0.717, 1.165) is 23.3 Å². The second-order valence-corrected chi connectivity index (χ2v) is 12.8. The fourth-order valence-electron chi connectivity index (χ4n) is 5.77. The molecule has 1 N–H and O–H groups in total. The number of carbonyl (C=O) groups is 1. The van der Waals surface area contributed by atoms with Gasteiger partial charge in [-0.15, -0.1) is 0 Å². The van der Waals surface area contributed by atoms with E-state index in [9.17, 15) is 13.2 Å². The summed E-state index contributed by atoms with van der Waals surface area (Å²) in [6.07, 6.45) is 6.88. The monoisotopic (exact) mass is 536 g/mol. The van der Waals surface area contributed by atoms with E-state index >= 15 is 0 Å². The van der Waals surface area contributed by atoms with Gasteiger partial charge >= 0.3 is 0 Å². The molecule has 0 bridgehead atoms. The van der Waals surface area contributed by atoms with E-state index < -0.39 is 9.84 Å². The molecule has 2 atom stereocenters. The number of benzene rings is 2. The van der Waals surface area contributed by atoms with Crippen LogP contribution in [0.2, 0.25) is 0 Å². The Morgan fingerprint density at radius 3 is 2.66 bits per heavy atom. The minimum atomic E-state index is -3.09. The van der Waals surface area contributed by atoms with Crippen LogP contribution in [0.25, 0.3) is 16.5 Å². The van der Waals surface area contributed by atoms with E-state index in [1.165, 1.54) is 28.3 Å². The minimum Gasteiger partial charge on any atom is -0.497 e. The molecule has 0 saturated heterocycles. The number of likely N-dealkylation sites (N-methyl/N-ethyl adjacent to an activating group) is 1. The fraction of sp³-hybridized carbons (Fsp3) is 0.414. The van der Waals surface area contributed by atoms with Gasteiger partial charge in [0, 0.05) is 56.1 Å². The molecule has 0 fully saturated rings. The van der Waals surface area contributed by atoms with Gasteiger partial charge < -0.3 is 9.72 Å². The van der Waals surface area contributed by atoms with Gasteiger partial charge in [0.2, 0.25) is 5.91 Å². The van der Waals surface area contributed by atoms with Gasteiger partial charge in [-0.2, -0.15) is 0 Å². The number of hydrogen-bond donors (Lipinski definition) is 1. The SMILES string of the molecule is COc1ccc(CN(CCCS(C)(=O)=O)N(C)C(=O)[C@H]2C=C3c4cccc5[nH]cc(c45)C[C@@H]3N(C)C2)cc1. The maximum absolute atomic E-state index is 13.9. The number of aromatic amines is 1. The molecule has 0 radical (unpaired) electrons. The maximum atomic E-state index is 13.9. The van der Waals surface area contributed by atoms with Crippen LogP contribution in [-0.2, 0) is 27.6 Å². The number of carbonyl (C=O) groups excluding carboxylic acids is 1. The van der Waals surface area contributed by atoms with Crippen molar-refractivity contribution in [2.24, 2.45) is 5.92 Å². The largest absolute Gasteiger partial charge is 0.497 e. The molecule has 3 aromatic rings. The number of nitrogens with one attached hydrogen (secondary N) is 1. The average molecular weight is 537 g/mol. The zero-order chi connectivity index (χ0) is 27.0. The van der Waals surface area contributed by atoms with E-state index in [0.29, 0.717) is 26.1 Å². The van der Waals surface area contributed by atoms with Crippen molar-refractivity contribution in [2.75, 3.05) is 46.3 Å².